The monoisotopic (exact) mass is 350 g/mol. The average molecular weight is 352 g/mol. The van der Waals surface area contributed by atoms with Crippen LogP contribution >= 0.6 is 34.8 Å². The van der Waals surface area contributed by atoms with E-state index in [1.807, 2.05) is 0 Å². The van der Waals surface area contributed by atoms with Crippen LogP contribution in [0.2, 0.25) is 15.1 Å². The Balaban J connectivity index is 2.00. The van der Waals surface area contributed by atoms with Crippen LogP contribution < -0.4 is 10.6 Å². The molecule has 0 bridgehead atoms. The fourth-order valence-corrected chi connectivity index (χ4v) is 2.56. The first kappa shape index (κ1) is 16.2. The molecular weight excluding hydrogens is 339 g/mol. The lowest BCUT2D eigenvalue weighted by Gasteiger charge is -2.17. The van der Waals surface area contributed by atoms with Gasteiger partial charge in [-0.05, 0) is 30.9 Å². The highest BCUT2D eigenvalue weighted by Crippen LogP contribution is 2.35. The van der Waals surface area contributed by atoms with Gasteiger partial charge in [-0.2, -0.15) is 0 Å². The summed E-state index contributed by atoms with van der Waals surface area (Å²) in [7, 11) is 0. The molecular formula is C13H13Cl3N2O3. The Morgan fingerprint density at radius 3 is 2.38 bits per heavy atom. The van der Waals surface area contributed by atoms with Crippen LogP contribution in [-0.2, 0) is 4.79 Å². The molecule has 8 heteroatoms. The van der Waals surface area contributed by atoms with E-state index >= 15 is 0 Å². The number of carboxylic acid groups (broad SMARTS) is 1. The summed E-state index contributed by atoms with van der Waals surface area (Å²) in [5.74, 6) is -0.726. The highest BCUT2D eigenvalue weighted by molar-refractivity contribution is 6.44. The van der Waals surface area contributed by atoms with Gasteiger partial charge >= 0.3 is 12.0 Å². The number of amides is 2. The number of carboxylic acids is 1. The summed E-state index contributed by atoms with van der Waals surface area (Å²) in [4.78, 5) is 22.7. The molecule has 0 heterocycles. The molecule has 1 aliphatic carbocycles. The molecule has 1 fully saturated rings. The molecule has 0 saturated heterocycles. The molecule has 1 unspecified atom stereocenters. The Hall–Kier alpha value is -1.17. The van der Waals surface area contributed by atoms with Crippen molar-refractivity contribution < 1.29 is 14.7 Å². The first-order chi connectivity index (χ1) is 9.86. The highest BCUT2D eigenvalue weighted by Gasteiger charge is 2.33. The fourth-order valence-electron chi connectivity index (χ4n) is 1.97. The number of halogens is 3. The van der Waals surface area contributed by atoms with Crippen LogP contribution in [0, 0.1) is 5.92 Å². The van der Waals surface area contributed by atoms with E-state index < -0.39 is 12.0 Å². The molecule has 0 spiro atoms. The summed E-state index contributed by atoms with van der Waals surface area (Å²) in [5, 5.41) is 14.9. The predicted molar refractivity (Wildman–Crippen MR) is 82.4 cm³/mol. The molecule has 1 saturated carbocycles. The van der Waals surface area contributed by atoms with Gasteiger partial charge in [0.15, 0.2) is 0 Å². The zero-order valence-corrected chi connectivity index (χ0v) is 13.1. The van der Waals surface area contributed by atoms with Gasteiger partial charge in [-0.25, -0.2) is 4.79 Å². The summed E-state index contributed by atoms with van der Waals surface area (Å²) in [6.45, 7) is 0. The Morgan fingerprint density at radius 2 is 1.81 bits per heavy atom. The number of carbonyl (C=O) groups is 2. The summed E-state index contributed by atoms with van der Waals surface area (Å²) in [6.07, 6.45) is 1.74. The summed E-state index contributed by atoms with van der Waals surface area (Å²) in [5.41, 5.74) is 0.313. The smallest absolute Gasteiger partial charge is 0.319 e. The second-order valence-corrected chi connectivity index (χ2v) is 6.11. The van der Waals surface area contributed by atoms with Gasteiger partial charge in [0.05, 0.1) is 27.2 Å². The number of hydrogen-bond acceptors (Lipinski definition) is 2. The third-order valence-electron chi connectivity index (χ3n) is 3.16. The van der Waals surface area contributed by atoms with Gasteiger partial charge in [-0.1, -0.05) is 34.8 Å². The zero-order chi connectivity index (χ0) is 15.6. The number of carbonyl (C=O) groups excluding carboxylic acids is 1. The van der Waals surface area contributed by atoms with E-state index in [0.29, 0.717) is 5.69 Å². The van der Waals surface area contributed by atoms with Crippen molar-refractivity contribution in [1.82, 2.24) is 5.32 Å². The minimum Gasteiger partial charge on any atom is -0.481 e. The second-order valence-electron chi connectivity index (χ2n) is 4.89. The van der Waals surface area contributed by atoms with Crippen LogP contribution in [0.4, 0.5) is 10.5 Å². The molecule has 2 rings (SSSR count). The Bertz CT molecular complexity index is 576. The van der Waals surface area contributed by atoms with Crippen LogP contribution in [0.15, 0.2) is 12.1 Å². The molecule has 0 aliphatic heterocycles. The molecule has 0 aromatic heterocycles. The van der Waals surface area contributed by atoms with Crippen LogP contribution in [0.1, 0.15) is 19.3 Å². The number of rotatable bonds is 5. The van der Waals surface area contributed by atoms with Crippen molar-refractivity contribution in [3.8, 4) is 0 Å². The standard InChI is InChI=1S/C13H13Cl3N2O3/c14-7-3-9(16)11(4-8(7)15)18-13(21)17-10(5-12(19)20)6-1-2-6/h3-4,6,10H,1-2,5H2,(H,19,20)(H2,17,18,21). The third-order valence-corrected chi connectivity index (χ3v) is 4.20. The van der Waals surface area contributed by atoms with Crippen molar-refractivity contribution in [3.05, 3.63) is 27.2 Å². The normalized spacial score (nSPS) is 15.4. The predicted octanol–water partition coefficient (Wildman–Crippen LogP) is 4.02. The van der Waals surface area contributed by atoms with Crippen molar-refractivity contribution >= 4 is 52.5 Å². The van der Waals surface area contributed by atoms with Crippen molar-refractivity contribution in [2.75, 3.05) is 5.32 Å². The van der Waals surface area contributed by atoms with Crippen LogP contribution in [0.25, 0.3) is 0 Å². The molecule has 1 aromatic rings. The minimum absolute atomic E-state index is 0.104. The molecule has 3 N–H and O–H groups in total. The van der Waals surface area contributed by atoms with Gasteiger partial charge in [0.2, 0.25) is 0 Å². The van der Waals surface area contributed by atoms with E-state index in [1.165, 1.54) is 12.1 Å². The molecule has 2 amide bonds. The van der Waals surface area contributed by atoms with Crippen molar-refractivity contribution in [2.45, 2.75) is 25.3 Å². The molecule has 5 nitrogen and oxygen atoms in total. The highest BCUT2D eigenvalue weighted by atomic mass is 35.5. The maximum absolute atomic E-state index is 11.9. The largest absolute Gasteiger partial charge is 0.481 e. The molecule has 0 radical (unpaired) electrons. The van der Waals surface area contributed by atoms with Gasteiger partial charge < -0.3 is 15.7 Å². The Kier molecular flexibility index (Phi) is 5.19. The van der Waals surface area contributed by atoms with Gasteiger partial charge in [0.25, 0.3) is 0 Å². The van der Waals surface area contributed by atoms with Gasteiger partial charge in [-0.15, -0.1) is 0 Å². The number of nitrogens with one attached hydrogen (secondary N) is 2. The summed E-state index contributed by atoms with van der Waals surface area (Å²) in [6, 6.07) is 1.96. The number of hydrogen-bond donors (Lipinski definition) is 3. The Morgan fingerprint density at radius 1 is 1.19 bits per heavy atom. The van der Waals surface area contributed by atoms with E-state index in [0.717, 1.165) is 12.8 Å². The Labute approximate surface area is 136 Å². The third kappa shape index (κ3) is 4.66. The second kappa shape index (κ2) is 6.73. The van der Waals surface area contributed by atoms with Crippen molar-refractivity contribution in [1.29, 1.82) is 0 Å². The topological polar surface area (TPSA) is 78.4 Å². The number of benzene rings is 1. The maximum atomic E-state index is 11.9. The molecule has 1 atom stereocenters. The van der Waals surface area contributed by atoms with E-state index in [4.69, 9.17) is 39.9 Å². The number of aliphatic carboxylic acids is 1. The van der Waals surface area contributed by atoms with E-state index in [1.54, 1.807) is 0 Å². The summed E-state index contributed by atoms with van der Waals surface area (Å²) < 4.78 is 0. The van der Waals surface area contributed by atoms with Gasteiger partial charge in [0.1, 0.15) is 0 Å². The van der Waals surface area contributed by atoms with Gasteiger partial charge in [0, 0.05) is 6.04 Å². The van der Waals surface area contributed by atoms with Crippen molar-refractivity contribution in [3.63, 3.8) is 0 Å². The van der Waals surface area contributed by atoms with Gasteiger partial charge in [-0.3, -0.25) is 4.79 Å². The summed E-state index contributed by atoms with van der Waals surface area (Å²) >= 11 is 17.6. The minimum atomic E-state index is -0.945. The van der Waals surface area contributed by atoms with E-state index in [2.05, 4.69) is 10.6 Å². The lowest BCUT2D eigenvalue weighted by molar-refractivity contribution is -0.137. The number of urea groups is 1. The van der Waals surface area contributed by atoms with Crippen LogP contribution in [0.3, 0.4) is 0 Å². The lowest BCUT2D eigenvalue weighted by atomic mass is 10.1. The fraction of sp³-hybridized carbons (Fsp3) is 0.385. The van der Waals surface area contributed by atoms with E-state index in [9.17, 15) is 9.59 Å². The average Bonchev–Trinajstić information content (AvgIpc) is 3.18. The number of anilines is 1. The quantitative estimate of drug-likeness (QED) is 0.701. The maximum Gasteiger partial charge on any atom is 0.319 e. The first-order valence-corrected chi connectivity index (χ1v) is 7.44. The molecule has 1 aromatic carbocycles. The van der Waals surface area contributed by atoms with E-state index in [-0.39, 0.29) is 33.4 Å². The van der Waals surface area contributed by atoms with Crippen molar-refractivity contribution in [2.24, 2.45) is 5.92 Å². The van der Waals surface area contributed by atoms with Crippen LogP contribution in [-0.4, -0.2) is 23.1 Å². The molecule has 1 aliphatic rings. The molecule has 21 heavy (non-hydrogen) atoms. The zero-order valence-electron chi connectivity index (χ0n) is 10.8. The SMILES string of the molecule is O=C(O)CC(NC(=O)Nc1cc(Cl)c(Cl)cc1Cl)C1CC1. The first-order valence-electron chi connectivity index (χ1n) is 6.30. The molecule has 114 valence electrons. The lowest BCUT2D eigenvalue weighted by Crippen LogP contribution is -2.40. The van der Waals surface area contributed by atoms with Crippen LogP contribution in [0.5, 0.6) is 0 Å².